The lowest BCUT2D eigenvalue weighted by Gasteiger charge is -2.11. The van der Waals surface area contributed by atoms with Crippen molar-refractivity contribution in [2.24, 2.45) is 0 Å². The Kier molecular flexibility index (Phi) is 4.40. The normalized spacial score (nSPS) is 13.7. The van der Waals surface area contributed by atoms with Gasteiger partial charge in [0.25, 0.3) is 0 Å². The highest BCUT2D eigenvalue weighted by Crippen LogP contribution is 2.10. The van der Waals surface area contributed by atoms with Crippen molar-refractivity contribution in [2.45, 2.75) is 18.7 Å². The first-order chi connectivity index (χ1) is 7.44. The van der Waals surface area contributed by atoms with Crippen LogP contribution in [0.4, 0.5) is 4.39 Å². The molecule has 4 nitrogen and oxygen atoms in total. The Morgan fingerprint density at radius 3 is 2.62 bits per heavy atom. The Morgan fingerprint density at radius 2 is 2.06 bits per heavy atom. The van der Waals surface area contributed by atoms with E-state index in [-0.39, 0.29) is 12.2 Å². The quantitative estimate of drug-likeness (QED) is 0.802. The monoisotopic (exact) mass is 247 g/mol. The second-order valence-corrected chi connectivity index (χ2v) is 5.31. The van der Waals surface area contributed by atoms with Gasteiger partial charge in [0.05, 0.1) is 12.4 Å². The van der Waals surface area contributed by atoms with Crippen molar-refractivity contribution in [1.82, 2.24) is 4.72 Å². The van der Waals surface area contributed by atoms with E-state index in [0.717, 1.165) is 0 Å². The number of halogens is 1. The highest BCUT2D eigenvalue weighted by atomic mass is 32.2. The van der Waals surface area contributed by atoms with Crippen LogP contribution in [-0.2, 0) is 15.8 Å². The number of aliphatic hydroxyl groups is 1. The first kappa shape index (κ1) is 13.1. The molecule has 0 spiro atoms. The summed E-state index contributed by atoms with van der Waals surface area (Å²) in [6.45, 7) is 1.23. The fourth-order valence-corrected chi connectivity index (χ4v) is 2.62. The van der Waals surface area contributed by atoms with Gasteiger partial charge in [-0.3, -0.25) is 0 Å². The molecule has 0 fully saturated rings. The zero-order chi connectivity index (χ0) is 12.2. The maximum Gasteiger partial charge on any atom is 0.216 e. The number of hydrogen-bond donors (Lipinski definition) is 2. The molecule has 0 aromatic heterocycles. The van der Waals surface area contributed by atoms with Crippen LogP contribution in [0.2, 0.25) is 0 Å². The molecule has 0 bridgehead atoms. The standard InChI is InChI=1S/C10H14FNO3S/c1-8(6-13)12-16(14,15)7-9-4-2-3-5-10(9)11/h2-5,8,12-13H,6-7H2,1H3/t8-/m1/s1. The summed E-state index contributed by atoms with van der Waals surface area (Å²) in [5.74, 6) is -0.978. The van der Waals surface area contributed by atoms with E-state index < -0.39 is 27.6 Å². The number of nitrogens with one attached hydrogen (secondary N) is 1. The number of benzene rings is 1. The zero-order valence-electron chi connectivity index (χ0n) is 8.85. The van der Waals surface area contributed by atoms with E-state index in [0.29, 0.717) is 0 Å². The van der Waals surface area contributed by atoms with Crippen LogP contribution in [0.25, 0.3) is 0 Å². The molecule has 0 unspecified atom stereocenters. The number of rotatable bonds is 5. The molecule has 1 aromatic carbocycles. The third-order valence-electron chi connectivity index (χ3n) is 1.96. The molecule has 0 aliphatic carbocycles. The molecule has 0 aliphatic rings. The fourth-order valence-electron chi connectivity index (χ4n) is 1.21. The average Bonchev–Trinajstić information content (AvgIpc) is 2.20. The maximum absolute atomic E-state index is 13.2. The van der Waals surface area contributed by atoms with Crippen LogP contribution < -0.4 is 4.72 Å². The van der Waals surface area contributed by atoms with Crippen molar-refractivity contribution < 1.29 is 17.9 Å². The molecule has 0 radical (unpaired) electrons. The lowest BCUT2D eigenvalue weighted by Crippen LogP contribution is -2.35. The smallest absolute Gasteiger partial charge is 0.216 e. The van der Waals surface area contributed by atoms with Gasteiger partial charge in [0.2, 0.25) is 10.0 Å². The highest BCUT2D eigenvalue weighted by Gasteiger charge is 2.16. The van der Waals surface area contributed by atoms with Crippen molar-refractivity contribution >= 4 is 10.0 Å². The lowest BCUT2D eigenvalue weighted by molar-refractivity contribution is 0.265. The van der Waals surface area contributed by atoms with Gasteiger partial charge in [0.15, 0.2) is 0 Å². The molecule has 0 amide bonds. The van der Waals surface area contributed by atoms with Gasteiger partial charge in [-0.05, 0) is 13.0 Å². The second kappa shape index (κ2) is 5.38. The van der Waals surface area contributed by atoms with Crippen LogP contribution >= 0.6 is 0 Å². The topological polar surface area (TPSA) is 66.4 Å². The molecule has 0 saturated heterocycles. The summed E-state index contributed by atoms with van der Waals surface area (Å²) in [6, 6.07) is 5.12. The van der Waals surface area contributed by atoms with Crippen LogP contribution in [0.15, 0.2) is 24.3 Å². The van der Waals surface area contributed by atoms with Gasteiger partial charge in [0.1, 0.15) is 5.82 Å². The summed E-state index contributed by atoms with van der Waals surface area (Å²) < 4.78 is 38.5. The Labute approximate surface area is 94.2 Å². The van der Waals surface area contributed by atoms with Crippen molar-refractivity contribution in [3.8, 4) is 0 Å². The van der Waals surface area contributed by atoms with Gasteiger partial charge in [-0.1, -0.05) is 18.2 Å². The van der Waals surface area contributed by atoms with Crippen LogP contribution in [0, 0.1) is 5.82 Å². The predicted octanol–water partition coefficient (Wildman–Crippen LogP) is 0.626. The molecule has 1 aromatic rings. The van der Waals surface area contributed by atoms with Gasteiger partial charge >= 0.3 is 0 Å². The van der Waals surface area contributed by atoms with E-state index in [9.17, 15) is 12.8 Å². The third-order valence-corrected chi connectivity index (χ3v) is 3.41. The summed E-state index contributed by atoms with van der Waals surface area (Å²) in [4.78, 5) is 0. The Balaban J connectivity index is 2.77. The van der Waals surface area contributed by atoms with Gasteiger partial charge in [-0.25, -0.2) is 17.5 Å². The predicted molar refractivity (Wildman–Crippen MR) is 58.7 cm³/mol. The second-order valence-electron chi connectivity index (χ2n) is 3.55. The third kappa shape index (κ3) is 3.88. The average molecular weight is 247 g/mol. The molecule has 2 N–H and O–H groups in total. The van der Waals surface area contributed by atoms with Crippen LogP contribution in [0.3, 0.4) is 0 Å². The van der Waals surface area contributed by atoms with Gasteiger partial charge in [0, 0.05) is 11.6 Å². The number of hydrogen-bond acceptors (Lipinski definition) is 3. The van der Waals surface area contributed by atoms with Crippen molar-refractivity contribution in [3.05, 3.63) is 35.6 Å². The Morgan fingerprint density at radius 1 is 1.44 bits per heavy atom. The zero-order valence-corrected chi connectivity index (χ0v) is 9.67. The summed E-state index contributed by atoms with van der Waals surface area (Å²) in [5, 5.41) is 8.72. The molecule has 90 valence electrons. The van der Waals surface area contributed by atoms with Gasteiger partial charge in [-0.15, -0.1) is 0 Å². The van der Waals surface area contributed by atoms with E-state index in [1.54, 1.807) is 6.07 Å². The van der Waals surface area contributed by atoms with Crippen molar-refractivity contribution in [2.75, 3.05) is 6.61 Å². The van der Waals surface area contributed by atoms with Crippen LogP contribution in [0.5, 0.6) is 0 Å². The summed E-state index contributed by atoms with van der Waals surface area (Å²) in [6.07, 6.45) is 0. The fraction of sp³-hybridized carbons (Fsp3) is 0.400. The first-order valence-electron chi connectivity index (χ1n) is 4.79. The molecule has 16 heavy (non-hydrogen) atoms. The molecule has 6 heteroatoms. The highest BCUT2D eigenvalue weighted by molar-refractivity contribution is 7.88. The van der Waals surface area contributed by atoms with Crippen molar-refractivity contribution in [1.29, 1.82) is 0 Å². The van der Waals surface area contributed by atoms with E-state index >= 15 is 0 Å². The molecular weight excluding hydrogens is 233 g/mol. The Hall–Kier alpha value is -0.980. The summed E-state index contributed by atoms with van der Waals surface area (Å²) >= 11 is 0. The van der Waals surface area contributed by atoms with E-state index in [2.05, 4.69) is 4.72 Å². The molecule has 0 heterocycles. The lowest BCUT2D eigenvalue weighted by atomic mass is 10.2. The van der Waals surface area contributed by atoms with Gasteiger partial charge < -0.3 is 5.11 Å². The van der Waals surface area contributed by atoms with Crippen LogP contribution in [0.1, 0.15) is 12.5 Å². The molecule has 0 saturated carbocycles. The maximum atomic E-state index is 13.2. The van der Waals surface area contributed by atoms with E-state index in [1.807, 2.05) is 0 Å². The van der Waals surface area contributed by atoms with Crippen molar-refractivity contribution in [3.63, 3.8) is 0 Å². The minimum atomic E-state index is -3.62. The minimum Gasteiger partial charge on any atom is -0.395 e. The summed E-state index contributed by atoms with van der Waals surface area (Å²) in [5.41, 5.74) is 0.111. The molecule has 0 aliphatic heterocycles. The SMILES string of the molecule is C[C@H](CO)NS(=O)(=O)Cc1ccccc1F. The molecule has 1 rings (SSSR count). The number of aliphatic hydroxyl groups excluding tert-OH is 1. The first-order valence-corrected chi connectivity index (χ1v) is 6.44. The van der Waals surface area contributed by atoms with Crippen LogP contribution in [-0.4, -0.2) is 26.2 Å². The van der Waals surface area contributed by atoms with E-state index in [4.69, 9.17) is 5.11 Å². The van der Waals surface area contributed by atoms with Gasteiger partial charge in [-0.2, -0.15) is 0 Å². The van der Waals surface area contributed by atoms with E-state index in [1.165, 1.54) is 25.1 Å². The largest absolute Gasteiger partial charge is 0.395 e. The molecular formula is C10H14FNO3S. The minimum absolute atomic E-state index is 0.111. The Bertz CT molecular complexity index is 447. The molecule has 1 atom stereocenters. The summed E-state index contributed by atoms with van der Waals surface area (Å²) in [7, 11) is -3.62. The number of sulfonamides is 1.